The van der Waals surface area contributed by atoms with Crippen LogP contribution in [0.1, 0.15) is 21.5 Å². The first kappa shape index (κ1) is 15.3. The number of amides is 1. The highest BCUT2D eigenvalue weighted by Crippen LogP contribution is 2.13. The fourth-order valence-electron chi connectivity index (χ4n) is 2.34. The van der Waals surface area contributed by atoms with Crippen molar-refractivity contribution in [2.24, 2.45) is 0 Å². The van der Waals surface area contributed by atoms with Crippen molar-refractivity contribution in [1.29, 1.82) is 0 Å². The SMILES string of the molecule is CNCCc1ccccc1C(=O)N(C)Cc1ccccc1. The molecule has 0 aliphatic rings. The largest absolute Gasteiger partial charge is 0.337 e. The number of hydrogen-bond donors (Lipinski definition) is 1. The summed E-state index contributed by atoms with van der Waals surface area (Å²) in [6, 6.07) is 17.9. The van der Waals surface area contributed by atoms with Crippen molar-refractivity contribution in [2.75, 3.05) is 20.6 Å². The normalized spacial score (nSPS) is 10.4. The Labute approximate surface area is 126 Å². The first-order valence-electron chi connectivity index (χ1n) is 7.24. The summed E-state index contributed by atoms with van der Waals surface area (Å²) in [5, 5.41) is 3.13. The Kier molecular flexibility index (Phi) is 5.52. The third kappa shape index (κ3) is 4.17. The monoisotopic (exact) mass is 282 g/mol. The van der Waals surface area contributed by atoms with Crippen LogP contribution in [-0.4, -0.2) is 31.4 Å². The number of likely N-dealkylation sites (N-methyl/N-ethyl adjacent to an activating group) is 1. The van der Waals surface area contributed by atoms with Gasteiger partial charge in [0.15, 0.2) is 0 Å². The molecule has 1 N–H and O–H groups in total. The topological polar surface area (TPSA) is 32.3 Å². The molecule has 0 spiro atoms. The van der Waals surface area contributed by atoms with Crippen molar-refractivity contribution in [3.8, 4) is 0 Å². The van der Waals surface area contributed by atoms with Crippen molar-refractivity contribution >= 4 is 5.91 Å². The van der Waals surface area contributed by atoms with Gasteiger partial charge in [0, 0.05) is 19.2 Å². The quantitative estimate of drug-likeness (QED) is 0.883. The van der Waals surface area contributed by atoms with E-state index in [0.717, 1.165) is 29.7 Å². The average molecular weight is 282 g/mol. The third-order valence-electron chi connectivity index (χ3n) is 3.50. The molecule has 0 radical (unpaired) electrons. The Hall–Kier alpha value is -2.13. The maximum atomic E-state index is 12.6. The molecule has 0 atom stereocenters. The van der Waals surface area contributed by atoms with E-state index in [0.29, 0.717) is 6.54 Å². The molecule has 0 heterocycles. The summed E-state index contributed by atoms with van der Waals surface area (Å²) >= 11 is 0. The Morgan fingerprint density at radius 3 is 2.43 bits per heavy atom. The van der Waals surface area contributed by atoms with Gasteiger partial charge < -0.3 is 10.2 Å². The van der Waals surface area contributed by atoms with Gasteiger partial charge in [0.05, 0.1) is 0 Å². The lowest BCUT2D eigenvalue weighted by Crippen LogP contribution is -2.27. The molecule has 3 nitrogen and oxygen atoms in total. The molecule has 2 aromatic carbocycles. The molecule has 0 saturated carbocycles. The van der Waals surface area contributed by atoms with Crippen molar-refractivity contribution < 1.29 is 4.79 Å². The zero-order valence-corrected chi connectivity index (χ0v) is 12.7. The number of rotatable bonds is 6. The molecule has 0 aliphatic heterocycles. The minimum Gasteiger partial charge on any atom is -0.337 e. The highest BCUT2D eigenvalue weighted by molar-refractivity contribution is 5.95. The second-order valence-corrected chi connectivity index (χ2v) is 5.16. The summed E-state index contributed by atoms with van der Waals surface area (Å²) in [5.41, 5.74) is 3.03. The van der Waals surface area contributed by atoms with Gasteiger partial charge in [-0.1, -0.05) is 48.5 Å². The molecule has 0 fully saturated rings. The molecule has 2 rings (SSSR count). The van der Waals surface area contributed by atoms with Gasteiger partial charge in [0.1, 0.15) is 0 Å². The summed E-state index contributed by atoms with van der Waals surface area (Å²) in [6.45, 7) is 1.49. The number of hydrogen-bond acceptors (Lipinski definition) is 2. The fraction of sp³-hybridized carbons (Fsp3) is 0.278. The van der Waals surface area contributed by atoms with E-state index < -0.39 is 0 Å². The zero-order valence-electron chi connectivity index (χ0n) is 12.7. The molecule has 0 aromatic heterocycles. The number of nitrogens with zero attached hydrogens (tertiary/aromatic N) is 1. The van der Waals surface area contributed by atoms with Gasteiger partial charge in [-0.2, -0.15) is 0 Å². The second-order valence-electron chi connectivity index (χ2n) is 5.16. The van der Waals surface area contributed by atoms with Crippen LogP contribution in [0.3, 0.4) is 0 Å². The van der Waals surface area contributed by atoms with E-state index in [1.54, 1.807) is 4.90 Å². The summed E-state index contributed by atoms with van der Waals surface area (Å²) < 4.78 is 0. The predicted octanol–water partition coefficient (Wildman–Crippen LogP) is 2.72. The Balaban J connectivity index is 2.12. The summed E-state index contributed by atoms with van der Waals surface area (Å²) in [6.07, 6.45) is 0.859. The standard InChI is InChI=1S/C18H22N2O/c1-19-13-12-16-10-6-7-11-17(16)18(21)20(2)14-15-8-4-3-5-9-15/h3-11,19H,12-14H2,1-2H3. The van der Waals surface area contributed by atoms with E-state index >= 15 is 0 Å². The Bertz CT molecular complexity index is 581. The summed E-state index contributed by atoms with van der Waals surface area (Å²) in [4.78, 5) is 14.4. The first-order valence-corrected chi connectivity index (χ1v) is 7.24. The molecule has 0 aliphatic carbocycles. The number of carbonyl (C=O) groups excluding carboxylic acids is 1. The smallest absolute Gasteiger partial charge is 0.254 e. The van der Waals surface area contributed by atoms with Crippen molar-refractivity contribution in [1.82, 2.24) is 10.2 Å². The lowest BCUT2D eigenvalue weighted by Gasteiger charge is -2.19. The van der Waals surface area contributed by atoms with Gasteiger partial charge >= 0.3 is 0 Å². The zero-order chi connectivity index (χ0) is 15.1. The van der Waals surface area contributed by atoms with Crippen LogP contribution < -0.4 is 5.32 Å². The van der Waals surface area contributed by atoms with Crippen molar-refractivity contribution in [3.05, 3.63) is 71.3 Å². The van der Waals surface area contributed by atoms with Crippen LogP contribution in [0.4, 0.5) is 0 Å². The van der Waals surface area contributed by atoms with E-state index in [1.807, 2.05) is 68.7 Å². The van der Waals surface area contributed by atoms with Gasteiger partial charge in [0.2, 0.25) is 0 Å². The fourth-order valence-corrected chi connectivity index (χ4v) is 2.34. The van der Waals surface area contributed by atoms with E-state index in [9.17, 15) is 4.79 Å². The van der Waals surface area contributed by atoms with Crippen molar-refractivity contribution in [2.45, 2.75) is 13.0 Å². The predicted molar refractivity (Wildman–Crippen MR) is 86.3 cm³/mol. The Morgan fingerprint density at radius 1 is 1.05 bits per heavy atom. The van der Waals surface area contributed by atoms with Gasteiger partial charge in [-0.15, -0.1) is 0 Å². The number of nitrogens with one attached hydrogen (secondary N) is 1. The maximum absolute atomic E-state index is 12.6. The maximum Gasteiger partial charge on any atom is 0.254 e. The van der Waals surface area contributed by atoms with Gasteiger partial charge in [-0.3, -0.25) is 4.79 Å². The molecule has 2 aromatic rings. The lowest BCUT2D eigenvalue weighted by molar-refractivity contribution is 0.0784. The van der Waals surface area contributed by atoms with Crippen LogP contribution in [0.25, 0.3) is 0 Å². The van der Waals surface area contributed by atoms with Gasteiger partial charge in [-0.25, -0.2) is 0 Å². The lowest BCUT2D eigenvalue weighted by atomic mass is 10.0. The number of benzene rings is 2. The molecule has 0 unspecified atom stereocenters. The van der Waals surface area contributed by atoms with E-state index in [1.165, 1.54) is 0 Å². The van der Waals surface area contributed by atoms with Crippen LogP contribution in [0.15, 0.2) is 54.6 Å². The van der Waals surface area contributed by atoms with E-state index in [2.05, 4.69) is 5.32 Å². The minimum atomic E-state index is 0.0746. The van der Waals surface area contributed by atoms with Crippen LogP contribution in [0.2, 0.25) is 0 Å². The Morgan fingerprint density at radius 2 is 1.71 bits per heavy atom. The molecule has 21 heavy (non-hydrogen) atoms. The van der Waals surface area contributed by atoms with E-state index in [-0.39, 0.29) is 5.91 Å². The van der Waals surface area contributed by atoms with E-state index in [4.69, 9.17) is 0 Å². The van der Waals surface area contributed by atoms with Crippen LogP contribution >= 0.6 is 0 Å². The molecular formula is C18H22N2O. The highest BCUT2D eigenvalue weighted by atomic mass is 16.2. The van der Waals surface area contributed by atoms with Crippen LogP contribution in [-0.2, 0) is 13.0 Å². The third-order valence-corrected chi connectivity index (χ3v) is 3.50. The molecule has 3 heteroatoms. The highest BCUT2D eigenvalue weighted by Gasteiger charge is 2.15. The molecule has 0 bridgehead atoms. The minimum absolute atomic E-state index is 0.0746. The molecule has 110 valence electrons. The van der Waals surface area contributed by atoms with Crippen molar-refractivity contribution in [3.63, 3.8) is 0 Å². The average Bonchev–Trinajstić information content (AvgIpc) is 2.53. The summed E-state index contributed by atoms with van der Waals surface area (Å²) in [5.74, 6) is 0.0746. The first-order chi connectivity index (χ1) is 10.2. The number of carbonyl (C=O) groups is 1. The van der Waals surface area contributed by atoms with Crippen LogP contribution in [0, 0.1) is 0 Å². The second kappa shape index (κ2) is 7.60. The molecular weight excluding hydrogens is 260 g/mol. The summed E-state index contributed by atoms with van der Waals surface area (Å²) in [7, 11) is 3.77. The van der Waals surface area contributed by atoms with Crippen LogP contribution in [0.5, 0.6) is 0 Å². The molecule has 1 amide bonds. The molecule has 0 saturated heterocycles. The van der Waals surface area contributed by atoms with Gasteiger partial charge in [-0.05, 0) is 37.2 Å². The van der Waals surface area contributed by atoms with Gasteiger partial charge in [0.25, 0.3) is 5.91 Å².